The minimum atomic E-state index is -0.700. The first kappa shape index (κ1) is 26.0. The lowest BCUT2D eigenvalue weighted by atomic mass is 10.1. The van der Waals surface area contributed by atoms with Crippen LogP contribution in [0, 0.1) is 0 Å². The van der Waals surface area contributed by atoms with Crippen LogP contribution in [0.3, 0.4) is 0 Å². The summed E-state index contributed by atoms with van der Waals surface area (Å²) in [5, 5.41) is 16.8. The molecule has 0 spiro atoms. The van der Waals surface area contributed by atoms with Crippen molar-refractivity contribution in [3.05, 3.63) is 53.2 Å². The Morgan fingerprint density at radius 2 is 1.95 bits per heavy atom. The summed E-state index contributed by atoms with van der Waals surface area (Å²) in [4.78, 5) is 30.9. The van der Waals surface area contributed by atoms with Gasteiger partial charge in [-0.15, -0.1) is 0 Å². The molecule has 0 bridgehead atoms. The number of anilines is 1. The smallest absolute Gasteiger partial charge is 0.319 e. The number of carbonyl (C=O) groups is 2. The number of aliphatic hydroxyl groups is 1. The van der Waals surface area contributed by atoms with E-state index in [0.717, 1.165) is 38.8 Å². The minimum absolute atomic E-state index is 0.0238. The molecule has 2 heterocycles. The first-order valence-corrected chi connectivity index (χ1v) is 13.0. The zero-order valence-electron chi connectivity index (χ0n) is 20.8. The lowest BCUT2D eigenvalue weighted by Crippen LogP contribution is -2.33. The van der Waals surface area contributed by atoms with Gasteiger partial charge in [-0.1, -0.05) is 11.6 Å². The number of amides is 3. The number of halogens is 1. The number of aliphatic hydroxyl groups excluding tert-OH is 1. The van der Waals surface area contributed by atoms with E-state index in [9.17, 15) is 14.7 Å². The normalized spacial score (nSPS) is 16.3. The van der Waals surface area contributed by atoms with Crippen LogP contribution in [0.15, 0.2) is 42.6 Å². The molecule has 2 fully saturated rings. The summed E-state index contributed by atoms with van der Waals surface area (Å²) in [5.74, 6) is 0.440. The van der Waals surface area contributed by atoms with Gasteiger partial charge in [-0.2, -0.15) is 0 Å². The standard InChI is InChI=1S/C27H30ClN5O5/c28-21-11-18(5-6-22(21)32-27(36)31-16-3-4-16)38-24-7-8-30-23-13-25(20(26(29)35)12-19(23)24)37-15-17(34)14-33-9-1-2-10-33/h5-8,11-13,16-17,34H,1-4,9-10,14-15H2,(H2,29,35)(H2,31,32,36)/t17-/m1/s1. The molecule has 1 saturated carbocycles. The van der Waals surface area contributed by atoms with E-state index in [0.29, 0.717) is 39.7 Å². The van der Waals surface area contributed by atoms with Crippen LogP contribution < -0.4 is 25.8 Å². The van der Waals surface area contributed by atoms with E-state index in [1.807, 2.05) is 0 Å². The van der Waals surface area contributed by atoms with Gasteiger partial charge in [-0.25, -0.2) is 4.79 Å². The highest BCUT2D eigenvalue weighted by Crippen LogP contribution is 2.35. The summed E-state index contributed by atoms with van der Waals surface area (Å²) in [6.07, 6.45) is 5.11. The topological polar surface area (TPSA) is 139 Å². The fourth-order valence-corrected chi connectivity index (χ4v) is 4.63. The van der Waals surface area contributed by atoms with Crippen LogP contribution in [-0.2, 0) is 0 Å². The van der Waals surface area contributed by atoms with E-state index in [1.54, 1.807) is 42.6 Å². The van der Waals surface area contributed by atoms with Gasteiger partial charge in [0.05, 0.1) is 21.8 Å². The predicted molar refractivity (Wildman–Crippen MR) is 144 cm³/mol. The van der Waals surface area contributed by atoms with Crippen molar-refractivity contribution in [1.29, 1.82) is 0 Å². The van der Waals surface area contributed by atoms with Crippen LogP contribution in [0.2, 0.25) is 5.02 Å². The first-order valence-electron chi connectivity index (χ1n) is 12.7. The monoisotopic (exact) mass is 539 g/mol. The maximum Gasteiger partial charge on any atom is 0.319 e. The lowest BCUT2D eigenvalue weighted by Gasteiger charge is -2.20. The molecule has 3 aromatic rings. The lowest BCUT2D eigenvalue weighted by molar-refractivity contribution is 0.0748. The molecular formula is C27H30ClN5O5. The van der Waals surface area contributed by atoms with Crippen molar-refractivity contribution < 1.29 is 24.2 Å². The highest BCUT2D eigenvalue weighted by molar-refractivity contribution is 6.33. The number of ether oxygens (including phenoxy) is 2. The van der Waals surface area contributed by atoms with E-state index in [-0.39, 0.29) is 30.0 Å². The second-order valence-electron chi connectivity index (χ2n) is 9.63. The van der Waals surface area contributed by atoms with E-state index in [1.165, 1.54) is 0 Å². The molecular weight excluding hydrogens is 510 g/mol. The molecule has 38 heavy (non-hydrogen) atoms. The number of nitrogens with zero attached hydrogens (tertiary/aromatic N) is 2. The average Bonchev–Trinajstić information content (AvgIpc) is 3.55. The van der Waals surface area contributed by atoms with Crippen molar-refractivity contribution in [2.45, 2.75) is 37.8 Å². The molecule has 200 valence electrons. The Morgan fingerprint density at radius 3 is 2.66 bits per heavy atom. The van der Waals surface area contributed by atoms with Crippen LogP contribution >= 0.6 is 11.6 Å². The molecule has 1 aliphatic heterocycles. The summed E-state index contributed by atoms with van der Waals surface area (Å²) in [6.45, 7) is 2.47. The number of fused-ring (bicyclic) bond motifs is 1. The largest absolute Gasteiger partial charge is 0.490 e. The Morgan fingerprint density at radius 1 is 1.16 bits per heavy atom. The van der Waals surface area contributed by atoms with Gasteiger partial charge in [-0.05, 0) is 63.0 Å². The van der Waals surface area contributed by atoms with Crippen LogP contribution in [0.25, 0.3) is 10.9 Å². The van der Waals surface area contributed by atoms with Crippen molar-refractivity contribution in [1.82, 2.24) is 15.2 Å². The molecule has 0 unspecified atom stereocenters. The van der Waals surface area contributed by atoms with E-state index < -0.39 is 12.0 Å². The van der Waals surface area contributed by atoms with Gasteiger partial charge in [0.2, 0.25) is 0 Å². The Kier molecular flexibility index (Phi) is 7.82. The van der Waals surface area contributed by atoms with Crippen molar-refractivity contribution >= 4 is 40.1 Å². The number of primary amides is 1. The van der Waals surface area contributed by atoms with Gasteiger partial charge < -0.3 is 35.8 Å². The number of rotatable bonds is 10. The number of hydrogen-bond donors (Lipinski definition) is 4. The highest BCUT2D eigenvalue weighted by atomic mass is 35.5. The van der Waals surface area contributed by atoms with Crippen LogP contribution in [0.1, 0.15) is 36.0 Å². The van der Waals surface area contributed by atoms with Gasteiger partial charge in [0.25, 0.3) is 5.91 Å². The zero-order valence-corrected chi connectivity index (χ0v) is 21.5. The van der Waals surface area contributed by atoms with Crippen LogP contribution in [0.4, 0.5) is 10.5 Å². The fourth-order valence-electron chi connectivity index (χ4n) is 4.41. The SMILES string of the molecule is NC(=O)c1cc2c(Oc3ccc(NC(=O)NC4CC4)c(Cl)c3)ccnc2cc1OC[C@H](O)CN1CCCC1. The summed E-state index contributed by atoms with van der Waals surface area (Å²) >= 11 is 6.38. The van der Waals surface area contributed by atoms with Crippen LogP contribution in [-0.4, -0.2) is 65.3 Å². The molecule has 3 amide bonds. The van der Waals surface area contributed by atoms with Crippen molar-refractivity contribution in [2.75, 3.05) is 31.6 Å². The molecule has 1 aromatic heterocycles. The second-order valence-corrected chi connectivity index (χ2v) is 10.0. The number of nitrogens with one attached hydrogen (secondary N) is 2. The summed E-state index contributed by atoms with van der Waals surface area (Å²) < 4.78 is 11.9. The number of β-amino-alcohol motifs (C(OH)–C–C–N with tert-alkyl or cyclic N) is 1. The molecule has 0 radical (unpaired) electrons. The van der Waals surface area contributed by atoms with Gasteiger partial charge in [0.15, 0.2) is 0 Å². The number of carbonyl (C=O) groups excluding carboxylic acids is 2. The van der Waals surface area contributed by atoms with Gasteiger partial charge in [-0.3, -0.25) is 9.78 Å². The van der Waals surface area contributed by atoms with E-state index in [2.05, 4.69) is 20.5 Å². The number of pyridine rings is 1. The number of likely N-dealkylation sites (tertiary alicyclic amines) is 1. The molecule has 1 aliphatic carbocycles. The number of hydrogen-bond acceptors (Lipinski definition) is 7. The molecule has 1 atom stereocenters. The molecule has 2 aliphatic rings. The van der Waals surface area contributed by atoms with Gasteiger partial charge >= 0.3 is 6.03 Å². The molecule has 11 heteroatoms. The number of aromatic nitrogens is 1. The second kappa shape index (κ2) is 11.4. The highest BCUT2D eigenvalue weighted by Gasteiger charge is 2.23. The molecule has 2 aromatic carbocycles. The molecule has 5 rings (SSSR count). The number of urea groups is 1. The van der Waals surface area contributed by atoms with Crippen molar-refractivity contribution in [2.24, 2.45) is 5.73 Å². The Bertz CT molecular complexity index is 1340. The predicted octanol–water partition coefficient (Wildman–Crippen LogP) is 3.90. The maximum atomic E-state index is 12.3. The number of benzene rings is 2. The van der Waals surface area contributed by atoms with Gasteiger partial charge in [0, 0.05) is 36.3 Å². The Balaban J connectivity index is 1.32. The first-order chi connectivity index (χ1) is 18.4. The van der Waals surface area contributed by atoms with E-state index >= 15 is 0 Å². The fraction of sp³-hybridized carbons (Fsp3) is 0.370. The van der Waals surface area contributed by atoms with E-state index in [4.69, 9.17) is 26.8 Å². The van der Waals surface area contributed by atoms with Gasteiger partial charge in [0.1, 0.15) is 30.0 Å². The third-order valence-electron chi connectivity index (χ3n) is 6.50. The number of nitrogens with two attached hydrogens (primary N) is 1. The third-order valence-corrected chi connectivity index (χ3v) is 6.81. The summed E-state index contributed by atoms with van der Waals surface area (Å²) in [6, 6.07) is 9.70. The third kappa shape index (κ3) is 6.45. The van der Waals surface area contributed by atoms with Crippen molar-refractivity contribution in [3.63, 3.8) is 0 Å². The maximum absolute atomic E-state index is 12.3. The molecule has 5 N–H and O–H groups in total. The Labute approximate surface area is 225 Å². The average molecular weight is 540 g/mol. The van der Waals surface area contributed by atoms with Crippen molar-refractivity contribution in [3.8, 4) is 17.2 Å². The minimum Gasteiger partial charge on any atom is -0.490 e. The molecule has 10 nitrogen and oxygen atoms in total. The molecule has 1 saturated heterocycles. The zero-order chi connectivity index (χ0) is 26.6. The Hall–Kier alpha value is -3.60. The summed E-state index contributed by atoms with van der Waals surface area (Å²) in [5.41, 5.74) is 6.79. The van der Waals surface area contributed by atoms with Crippen LogP contribution in [0.5, 0.6) is 17.2 Å². The summed E-state index contributed by atoms with van der Waals surface area (Å²) in [7, 11) is 0. The quantitative estimate of drug-likeness (QED) is 0.306.